The van der Waals surface area contributed by atoms with E-state index >= 15 is 0 Å². The summed E-state index contributed by atoms with van der Waals surface area (Å²) in [6, 6.07) is 14.5. The van der Waals surface area contributed by atoms with Crippen LogP contribution in [0.3, 0.4) is 0 Å². The van der Waals surface area contributed by atoms with E-state index < -0.39 is 0 Å². The minimum Gasteiger partial charge on any atom is -0.378 e. The number of nitrogens with one attached hydrogen (secondary N) is 1. The molecular formula is C21H23N7O3. The number of ether oxygens (including phenoxy) is 1. The topological polar surface area (TPSA) is 105 Å². The lowest BCUT2D eigenvalue weighted by molar-refractivity contribution is -0.116. The zero-order valence-corrected chi connectivity index (χ0v) is 17.1. The highest BCUT2D eigenvalue weighted by atomic mass is 16.5. The predicted molar refractivity (Wildman–Crippen MR) is 114 cm³/mol. The van der Waals surface area contributed by atoms with Crippen LogP contribution in [-0.2, 0) is 9.53 Å². The van der Waals surface area contributed by atoms with Gasteiger partial charge in [-0.1, -0.05) is 0 Å². The number of amides is 2. The Balaban J connectivity index is 1.31. The maximum absolute atomic E-state index is 12.6. The van der Waals surface area contributed by atoms with Crippen molar-refractivity contribution in [3.8, 4) is 5.69 Å². The quantitative estimate of drug-likeness (QED) is 0.638. The first-order valence-corrected chi connectivity index (χ1v) is 9.92. The second kappa shape index (κ2) is 9.35. The van der Waals surface area contributed by atoms with Gasteiger partial charge in [0.05, 0.1) is 25.4 Å². The standard InChI is InChI=1S/C21H23N7O3/c1-26(21(30)16-2-6-19(7-3-16)28-15-22-24-25-28)14-20(29)23-17-4-8-18(9-5-17)27-10-12-31-13-11-27/h2-9,15H,10-14H2,1H3,(H,23,29). The molecule has 1 fully saturated rings. The fourth-order valence-corrected chi connectivity index (χ4v) is 3.32. The molecule has 10 nitrogen and oxygen atoms in total. The zero-order valence-electron chi connectivity index (χ0n) is 17.1. The first-order chi connectivity index (χ1) is 15.1. The van der Waals surface area contributed by atoms with Gasteiger partial charge in [0.2, 0.25) is 5.91 Å². The van der Waals surface area contributed by atoms with Crippen molar-refractivity contribution in [2.24, 2.45) is 0 Å². The fourth-order valence-electron chi connectivity index (χ4n) is 3.32. The maximum Gasteiger partial charge on any atom is 0.254 e. The third-order valence-electron chi connectivity index (χ3n) is 4.98. The largest absolute Gasteiger partial charge is 0.378 e. The zero-order chi connectivity index (χ0) is 21.6. The van der Waals surface area contributed by atoms with Gasteiger partial charge in [0.25, 0.3) is 5.91 Å². The van der Waals surface area contributed by atoms with Gasteiger partial charge in [-0.15, -0.1) is 5.10 Å². The predicted octanol–water partition coefficient (Wildman–Crippen LogP) is 1.21. The van der Waals surface area contributed by atoms with Crippen LogP contribution < -0.4 is 10.2 Å². The van der Waals surface area contributed by atoms with Crippen LogP contribution in [0, 0.1) is 0 Å². The number of hydrogen-bond donors (Lipinski definition) is 1. The Bertz CT molecular complexity index is 1010. The van der Waals surface area contributed by atoms with E-state index in [9.17, 15) is 9.59 Å². The number of carbonyl (C=O) groups excluding carboxylic acids is 2. The SMILES string of the molecule is CN(CC(=O)Nc1ccc(N2CCOCC2)cc1)C(=O)c1ccc(-n2cnnn2)cc1. The van der Waals surface area contributed by atoms with E-state index in [0.29, 0.717) is 11.3 Å². The molecule has 10 heteroatoms. The van der Waals surface area contributed by atoms with Crippen LogP contribution in [0.15, 0.2) is 54.9 Å². The first kappa shape index (κ1) is 20.5. The van der Waals surface area contributed by atoms with E-state index in [-0.39, 0.29) is 18.4 Å². The van der Waals surface area contributed by atoms with Crippen LogP contribution >= 0.6 is 0 Å². The first-order valence-electron chi connectivity index (χ1n) is 9.92. The van der Waals surface area contributed by atoms with E-state index in [1.807, 2.05) is 24.3 Å². The molecule has 1 N–H and O–H groups in total. The highest BCUT2D eigenvalue weighted by Crippen LogP contribution is 2.19. The van der Waals surface area contributed by atoms with E-state index in [4.69, 9.17) is 4.74 Å². The molecule has 0 aliphatic carbocycles. The number of rotatable bonds is 6. The van der Waals surface area contributed by atoms with E-state index in [1.165, 1.54) is 15.9 Å². The highest BCUT2D eigenvalue weighted by Gasteiger charge is 2.16. The average molecular weight is 421 g/mol. The molecule has 0 atom stereocenters. The lowest BCUT2D eigenvalue weighted by Crippen LogP contribution is -2.36. The highest BCUT2D eigenvalue weighted by molar-refractivity contribution is 5.99. The Labute approximate surface area is 179 Å². The summed E-state index contributed by atoms with van der Waals surface area (Å²) in [7, 11) is 1.60. The molecule has 31 heavy (non-hydrogen) atoms. The second-order valence-corrected chi connectivity index (χ2v) is 7.16. The van der Waals surface area contributed by atoms with Crippen molar-refractivity contribution in [1.82, 2.24) is 25.1 Å². The number of aromatic nitrogens is 4. The molecule has 1 saturated heterocycles. The summed E-state index contributed by atoms with van der Waals surface area (Å²) in [5, 5.41) is 13.8. The van der Waals surface area contributed by atoms with Gasteiger partial charge >= 0.3 is 0 Å². The number of tetrazole rings is 1. The fraction of sp³-hybridized carbons (Fsp3) is 0.286. The minimum atomic E-state index is -0.264. The molecule has 160 valence electrons. The molecule has 2 heterocycles. The summed E-state index contributed by atoms with van der Waals surface area (Å²) in [5.74, 6) is -0.513. The third kappa shape index (κ3) is 5.04. The molecular weight excluding hydrogens is 398 g/mol. The number of hydrogen-bond acceptors (Lipinski definition) is 7. The van der Waals surface area contributed by atoms with Crippen LogP contribution in [0.2, 0.25) is 0 Å². The van der Waals surface area contributed by atoms with Crippen LogP contribution in [-0.4, -0.2) is 76.8 Å². The molecule has 1 aliphatic heterocycles. The Morgan fingerprint density at radius 2 is 1.71 bits per heavy atom. The number of carbonyl (C=O) groups is 2. The molecule has 0 bridgehead atoms. The van der Waals surface area contributed by atoms with Crippen molar-refractivity contribution in [1.29, 1.82) is 0 Å². The number of likely N-dealkylation sites (N-methyl/N-ethyl adjacent to an activating group) is 1. The lowest BCUT2D eigenvalue weighted by atomic mass is 10.2. The van der Waals surface area contributed by atoms with Gasteiger partial charge in [-0.05, 0) is 59.0 Å². The smallest absolute Gasteiger partial charge is 0.254 e. The maximum atomic E-state index is 12.6. The summed E-state index contributed by atoms with van der Waals surface area (Å²) in [6.45, 7) is 3.10. The van der Waals surface area contributed by atoms with Gasteiger partial charge < -0.3 is 19.9 Å². The Kier molecular flexibility index (Phi) is 6.18. The average Bonchev–Trinajstić information content (AvgIpc) is 3.35. The third-order valence-corrected chi connectivity index (χ3v) is 4.98. The molecule has 4 rings (SSSR count). The number of benzene rings is 2. The Hall–Kier alpha value is -3.79. The summed E-state index contributed by atoms with van der Waals surface area (Å²) in [4.78, 5) is 28.7. The van der Waals surface area contributed by atoms with Gasteiger partial charge in [-0.25, -0.2) is 4.68 Å². The van der Waals surface area contributed by atoms with Crippen molar-refractivity contribution in [2.45, 2.75) is 0 Å². The molecule has 2 amide bonds. The van der Waals surface area contributed by atoms with Crippen LogP contribution in [0.1, 0.15) is 10.4 Å². The van der Waals surface area contributed by atoms with Crippen molar-refractivity contribution in [3.05, 3.63) is 60.4 Å². The molecule has 0 saturated carbocycles. The van der Waals surface area contributed by atoms with Crippen molar-refractivity contribution in [2.75, 3.05) is 50.1 Å². The van der Waals surface area contributed by atoms with Gasteiger partial charge in [0.1, 0.15) is 6.33 Å². The van der Waals surface area contributed by atoms with Gasteiger partial charge in [-0.3, -0.25) is 9.59 Å². The summed E-state index contributed by atoms with van der Waals surface area (Å²) in [5.41, 5.74) is 3.00. The van der Waals surface area contributed by atoms with Crippen LogP contribution in [0.5, 0.6) is 0 Å². The number of anilines is 2. The van der Waals surface area contributed by atoms with Gasteiger partial charge in [-0.2, -0.15) is 0 Å². The molecule has 1 aromatic heterocycles. The minimum absolute atomic E-state index is 0.0567. The summed E-state index contributed by atoms with van der Waals surface area (Å²) < 4.78 is 6.86. The van der Waals surface area contributed by atoms with Crippen molar-refractivity contribution >= 4 is 23.2 Å². The van der Waals surface area contributed by atoms with Gasteiger partial charge in [0.15, 0.2) is 0 Å². The Morgan fingerprint density at radius 1 is 1.03 bits per heavy atom. The molecule has 2 aromatic carbocycles. The molecule has 3 aromatic rings. The monoisotopic (exact) mass is 421 g/mol. The van der Waals surface area contributed by atoms with E-state index in [0.717, 1.165) is 37.7 Å². The number of nitrogens with zero attached hydrogens (tertiary/aromatic N) is 6. The van der Waals surface area contributed by atoms with Crippen molar-refractivity contribution < 1.29 is 14.3 Å². The molecule has 0 unspecified atom stereocenters. The summed E-state index contributed by atoms with van der Waals surface area (Å²) in [6.07, 6.45) is 1.47. The second-order valence-electron chi connectivity index (χ2n) is 7.16. The van der Waals surface area contributed by atoms with Crippen molar-refractivity contribution in [3.63, 3.8) is 0 Å². The summed E-state index contributed by atoms with van der Waals surface area (Å²) >= 11 is 0. The van der Waals surface area contributed by atoms with Crippen LogP contribution in [0.4, 0.5) is 11.4 Å². The molecule has 1 aliphatic rings. The van der Waals surface area contributed by atoms with E-state index in [2.05, 4.69) is 25.7 Å². The lowest BCUT2D eigenvalue weighted by Gasteiger charge is -2.28. The molecule has 0 spiro atoms. The van der Waals surface area contributed by atoms with Crippen LogP contribution in [0.25, 0.3) is 5.69 Å². The molecule has 0 radical (unpaired) electrons. The van der Waals surface area contributed by atoms with E-state index in [1.54, 1.807) is 31.3 Å². The number of morpholine rings is 1. The normalized spacial score (nSPS) is 13.6. The Morgan fingerprint density at radius 3 is 2.35 bits per heavy atom. The van der Waals surface area contributed by atoms with Gasteiger partial charge in [0, 0.05) is 37.1 Å².